The van der Waals surface area contributed by atoms with Gasteiger partial charge >= 0.3 is 0 Å². The molecule has 0 atom stereocenters. The van der Waals surface area contributed by atoms with Gasteiger partial charge in [0.1, 0.15) is 11.6 Å². The molecule has 152 valence electrons. The van der Waals surface area contributed by atoms with Crippen molar-refractivity contribution in [3.05, 3.63) is 59.7 Å². The molecule has 2 aromatic heterocycles. The van der Waals surface area contributed by atoms with E-state index in [4.69, 9.17) is 11.5 Å². The summed E-state index contributed by atoms with van der Waals surface area (Å²) < 4.78 is 0. The first-order valence-electron chi connectivity index (χ1n) is 9.75. The molecular formula is C22H28N6O. The molecule has 1 amide bonds. The molecule has 3 heterocycles. The Morgan fingerprint density at radius 2 is 2.10 bits per heavy atom. The fraction of sp³-hybridized carbons (Fsp3) is 0.318. The first-order valence-corrected chi connectivity index (χ1v) is 9.75. The van der Waals surface area contributed by atoms with Gasteiger partial charge in [0.25, 0.3) is 0 Å². The third-order valence-corrected chi connectivity index (χ3v) is 5.02. The van der Waals surface area contributed by atoms with Gasteiger partial charge in [-0.15, -0.1) is 0 Å². The maximum atomic E-state index is 11.5. The number of amides is 1. The van der Waals surface area contributed by atoms with Gasteiger partial charge in [-0.1, -0.05) is 19.9 Å². The Kier molecular flexibility index (Phi) is 6.16. The van der Waals surface area contributed by atoms with E-state index in [0.29, 0.717) is 18.2 Å². The van der Waals surface area contributed by atoms with Crippen LogP contribution in [0.4, 0.5) is 5.82 Å². The number of nitrogens with two attached hydrogens (primary N) is 2. The van der Waals surface area contributed by atoms with Crippen molar-refractivity contribution in [1.29, 1.82) is 0 Å². The third-order valence-electron chi connectivity index (χ3n) is 5.02. The van der Waals surface area contributed by atoms with E-state index in [9.17, 15) is 4.79 Å². The number of carbonyl (C=O) groups is 1. The maximum Gasteiger partial charge on any atom is 0.219 e. The van der Waals surface area contributed by atoms with Gasteiger partial charge in [-0.05, 0) is 59.5 Å². The normalized spacial score (nSPS) is 15.6. The minimum atomic E-state index is 0.102. The van der Waals surface area contributed by atoms with Crippen molar-refractivity contribution in [3.63, 3.8) is 0 Å². The number of rotatable bonds is 5. The predicted octanol–water partition coefficient (Wildman–Crippen LogP) is 2.98. The highest BCUT2D eigenvalue weighted by atomic mass is 16.2. The van der Waals surface area contributed by atoms with Crippen LogP contribution in [0.5, 0.6) is 0 Å². The molecule has 0 unspecified atom stereocenters. The van der Waals surface area contributed by atoms with E-state index in [1.54, 1.807) is 13.1 Å². The Morgan fingerprint density at radius 3 is 2.72 bits per heavy atom. The Hall–Kier alpha value is -3.35. The zero-order valence-corrected chi connectivity index (χ0v) is 17.1. The molecular weight excluding hydrogens is 364 g/mol. The van der Waals surface area contributed by atoms with E-state index in [2.05, 4.69) is 35.2 Å². The Bertz CT molecular complexity index is 1010. The predicted molar refractivity (Wildman–Crippen MR) is 117 cm³/mol. The van der Waals surface area contributed by atoms with Crippen molar-refractivity contribution < 1.29 is 4.79 Å². The molecule has 0 bridgehead atoms. The number of nitrogens with one attached hydrogen (secondary N) is 1. The summed E-state index contributed by atoms with van der Waals surface area (Å²) in [4.78, 5) is 22.5. The average Bonchev–Trinajstić information content (AvgIpc) is 2.71. The lowest BCUT2D eigenvalue weighted by molar-refractivity contribution is -0.128. The second-order valence-electron chi connectivity index (χ2n) is 7.45. The monoisotopic (exact) mass is 392 g/mol. The zero-order valence-electron chi connectivity index (χ0n) is 17.1. The first-order chi connectivity index (χ1) is 13.9. The van der Waals surface area contributed by atoms with Gasteiger partial charge in [0, 0.05) is 26.2 Å². The molecule has 0 aromatic carbocycles. The van der Waals surface area contributed by atoms with E-state index in [0.717, 1.165) is 35.1 Å². The topological polar surface area (TPSA) is 110 Å². The van der Waals surface area contributed by atoms with Crippen LogP contribution in [-0.2, 0) is 4.79 Å². The van der Waals surface area contributed by atoms with Crippen molar-refractivity contribution in [2.75, 3.05) is 18.4 Å². The SMILES string of the molecule is CC(=O)N1CC=C(c2cnc3ccc(N/C(N)=C/C(=C\N)C(C)C)nc3c2)CC1. The molecule has 0 saturated heterocycles. The molecule has 7 nitrogen and oxygen atoms in total. The molecule has 1 aliphatic heterocycles. The fourth-order valence-corrected chi connectivity index (χ4v) is 3.24. The number of pyridine rings is 2. The zero-order chi connectivity index (χ0) is 21.0. The summed E-state index contributed by atoms with van der Waals surface area (Å²) in [6.45, 7) is 7.07. The molecule has 1 aliphatic rings. The van der Waals surface area contributed by atoms with Crippen LogP contribution in [0, 0.1) is 5.92 Å². The second-order valence-corrected chi connectivity index (χ2v) is 7.45. The summed E-state index contributed by atoms with van der Waals surface area (Å²) in [5.74, 6) is 1.50. The molecule has 5 N–H and O–H groups in total. The molecule has 0 fully saturated rings. The summed E-state index contributed by atoms with van der Waals surface area (Å²) in [6, 6.07) is 5.79. The van der Waals surface area contributed by atoms with Gasteiger partial charge in [-0.25, -0.2) is 4.98 Å². The number of aromatic nitrogens is 2. The number of carbonyl (C=O) groups excluding carboxylic acids is 1. The van der Waals surface area contributed by atoms with E-state index in [1.165, 1.54) is 5.57 Å². The summed E-state index contributed by atoms with van der Waals surface area (Å²) in [6.07, 6.45) is 8.14. The minimum absolute atomic E-state index is 0.102. The number of hydrogen-bond donors (Lipinski definition) is 3. The minimum Gasteiger partial charge on any atom is -0.404 e. The van der Waals surface area contributed by atoms with E-state index in [1.807, 2.05) is 35.4 Å². The quantitative estimate of drug-likeness (QED) is 0.675. The van der Waals surface area contributed by atoms with Gasteiger partial charge in [0.15, 0.2) is 0 Å². The molecule has 3 rings (SSSR count). The van der Waals surface area contributed by atoms with E-state index >= 15 is 0 Å². The Morgan fingerprint density at radius 1 is 1.31 bits per heavy atom. The molecule has 0 aliphatic carbocycles. The number of anilines is 1. The summed E-state index contributed by atoms with van der Waals surface area (Å²) in [7, 11) is 0. The highest BCUT2D eigenvalue weighted by Gasteiger charge is 2.15. The van der Waals surface area contributed by atoms with E-state index < -0.39 is 0 Å². The highest BCUT2D eigenvalue weighted by molar-refractivity contribution is 5.82. The molecule has 2 aromatic rings. The number of nitrogens with zero attached hydrogens (tertiary/aromatic N) is 3. The summed E-state index contributed by atoms with van der Waals surface area (Å²) in [5.41, 5.74) is 16.5. The van der Waals surface area contributed by atoms with Crippen molar-refractivity contribution in [2.24, 2.45) is 17.4 Å². The van der Waals surface area contributed by atoms with Crippen LogP contribution in [-0.4, -0.2) is 33.9 Å². The number of fused-ring (bicyclic) bond motifs is 1. The van der Waals surface area contributed by atoms with Crippen LogP contribution in [0.25, 0.3) is 16.6 Å². The van der Waals surface area contributed by atoms with Crippen LogP contribution in [0.15, 0.2) is 54.1 Å². The maximum absolute atomic E-state index is 11.5. The van der Waals surface area contributed by atoms with Crippen molar-refractivity contribution in [3.8, 4) is 0 Å². The van der Waals surface area contributed by atoms with Gasteiger partial charge in [0.05, 0.1) is 11.0 Å². The lowest BCUT2D eigenvalue weighted by atomic mass is 10.0. The van der Waals surface area contributed by atoms with Crippen molar-refractivity contribution >= 4 is 28.3 Å². The van der Waals surface area contributed by atoms with Gasteiger partial charge in [-0.2, -0.15) is 0 Å². The van der Waals surface area contributed by atoms with Crippen LogP contribution >= 0.6 is 0 Å². The van der Waals surface area contributed by atoms with Gasteiger partial charge in [0.2, 0.25) is 5.91 Å². The molecule has 0 saturated carbocycles. The van der Waals surface area contributed by atoms with Gasteiger partial charge in [-0.3, -0.25) is 9.78 Å². The summed E-state index contributed by atoms with van der Waals surface area (Å²) in [5, 5.41) is 3.12. The first kappa shape index (κ1) is 20.4. The average molecular weight is 393 g/mol. The fourth-order valence-electron chi connectivity index (χ4n) is 3.24. The van der Waals surface area contributed by atoms with Crippen LogP contribution < -0.4 is 16.8 Å². The number of hydrogen-bond acceptors (Lipinski definition) is 6. The largest absolute Gasteiger partial charge is 0.404 e. The Labute approximate surface area is 171 Å². The van der Waals surface area contributed by atoms with Crippen LogP contribution in [0.1, 0.15) is 32.8 Å². The van der Waals surface area contributed by atoms with Crippen LogP contribution in [0.2, 0.25) is 0 Å². The molecule has 7 heteroatoms. The smallest absolute Gasteiger partial charge is 0.219 e. The Balaban J connectivity index is 1.83. The number of allylic oxidation sites excluding steroid dienone is 2. The highest BCUT2D eigenvalue weighted by Crippen LogP contribution is 2.25. The van der Waals surface area contributed by atoms with Gasteiger partial charge < -0.3 is 21.7 Å². The molecule has 0 radical (unpaired) electrons. The molecule has 0 spiro atoms. The van der Waals surface area contributed by atoms with E-state index in [-0.39, 0.29) is 11.8 Å². The lowest BCUT2D eigenvalue weighted by Gasteiger charge is -2.25. The molecule has 29 heavy (non-hydrogen) atoms. The van der Waals surface area contributed by atoms with Crippen molar-refractivity contribution in [2.45, 2.75) is 27.2 Å². The van der Waals surface area contributed by atoms with Crippen LogP contribution in [0.3, 0.4) is 0 Å². The second kappa shape index (κ2) is 8.77. The standard InChI is InChI=1S/C22H28N6O/c1-14(2)17(12-23)11-21(24)27-22-5-4-19-20(26-22)10-18(13-25-19)16-6-8-28(9-7-16)15(3)29/h4-6,10-14H,7-9,23-24H2,1-3H3,(H,26,27)/b17-12+,21-11+. The lowest BCUT2D eigenvalue weighted by Crippen LogP contribution is -2.32. The summed E-state index contributed by atoms with van der Waals surface area (Å²) >= 11 is 0. The third kappa shape index (κ3) is 4.93. The van der Waals surface area contributed by atoms with Crippen molar-refractivity contribution in [1.82, 2.24) is 14.9 Å².